The lowest BCUT2D eigenvalue weighted by Crippen LogP contribution is -2.46. The standard InChI is InChI=1S/C10H17N5O4/c16-5-3-7(9(17)18)14-10(19)11-4-1-2-8-12-6-13-15-8/h6-7,16H,1-5H2,(H,17,18)(H2,11,14,19)(H,12,13,15)/t7-/m1/s1. The summed E-state index contributed by atoms with van der Waals surface area (Å²) in [5.74, 6) is -0.447. The Morgan fingerprint density at radius 3 is 2.84 bits per heavy atom. The van der Waals surface area contributed by atoms with Gasteiger partial charge >= 0.3 is 12.0 Å². The van der Waals surface area contributed by atoms with Crippen molar-refractivity contribution in [2.45, 2.75) is 25.3 Å². The van der Waals surface area contributed by atoms with Crippen LogP contribution in [-0.4, -0.2) is 56.6 Å². The fraction of sp³-hybridized carbons (Fsp3) is 0.600. The second-order valence-electron chi connectivity index (χ2n) is 3.84. The molecule has 1 aromatic heterocycles. The number of aryl methyl sites for hydroxylation is 1. The molecule has 5 N–H and O–H groups in total. The summed E-state index contributed by atoms with van der Waals surface area (Å²) < 4.78 is 0. The van der Waals surface area contributed by atoms with Crippen molar-refractivity contribution < 1.29 is 19.8 Å². The number of urea groups is 1. The summed E-state index contributed by atoms with van der Waals surface area (Å²) in [5.41, 5.74) is 0. The SMILES string of the molecule is O=C(NCCCc1ncn[nH]1)N[C@H](CCO)C(=O)O. The molecule has 19 heavy (non-hydrogen) atoms. The molecule has 0 aliphatic carbocycles. The van der Waals surface area contributed by atoms with E-state index in [-0.39, 0.29) is 13.0 Å². The van der Waals surface area contributed by atoms with E-state index < -0.39 is 18.0 Å². The highest BCUT2D eigenvalue weighted by atomic mass is 16.4. The van der Waals surface area contributed by atoms with Gasteiger partial charge in [-0.15, -0.1) is 0 Å². The third kappa shape index (κ3) is 5.82. The maximum absolute atomic E-state index is 11.4. The first-order valence-corrected chi connectivity index (χ1v) is 5.85. The van der Waals surface area contributed by atoms with E-state index in [1.165, 1.54) is 6.33 Å². The van der Waals surface area contributed by atoms with Crippen LogP contribution >= 0.6 is 0 Å². The highest BCUT2D eigenvalue weighted by molar-refractivity contribution is 5.82. The van der Waals surface area contributed by atoms with Crippen molar-refractivity contribution in [2.75, 3.05) is 13.2 Å². The smallest absolute Gasteiger partial charge is 0.326 e. The Morgan fingerprint density at radius 1 is 1.47 bits per heavy atom. The predicted octanol–water partition coefficient (Wildman–Crippen LogP) is -1.13. The van der Waals surface area contributed by atoms with Gasteiger partial charge in [0.2, 0.25) is 0 Å². The minimum Gasteiger partial charge on any atom is -0.480 e. The number of hydrogen-bond donors (Lipinski definition) is 5. The summed E-state index contributed by atoms with van der Waals surface area (Å²) in [6, 6.07) is -1.65. The number of carbonyl (C=O) groups excluding carboxylic acids is 1. The number of aliphatic hydroxyl groups is 1. The van der Waals surface area contributed by atoms with Gasteiger partial charge in [-0.3, -0.25) is 5.10 Å². The van der Waals surface area contributed by atoms with Crippen molar-refractivity contribution in [3.63, 3.8) is 0 Å². The van der Waals surface area contributed by atoms with Crippen molar-refractivity contribution in [1.29, 1.82) is 0 Å². The highest BCUT2D eigenvalue weighted by Crippen LogP contribution is 1.93. The average Bonchev–Trinajstić information content (AvgIpc) is 2.87. The van der Waals surface area contributed by atoms with Crippen LogP contribution in [0.3, 0.4) is 0 Å². The Balaban J connectivity index is 2.17. The third-order valence-corrected chi connectivity index (χ3v) is 2.36. The Morgan fingerprint density at radius 2 is 2.26 bits per heavy atom. The van der Waals surface area contributed by atoms with E-state index in [1.807, 2.05) is 0 Å². The minimum absolute atomic E-state index is 0.0270. The molecule has 0 bridgehead atoms. The highest BCUT2D eigenvalue weighted by Gasteiger charge is 2.18. The quantitative estimate of drug-likeness (QED) is 0.379. The summed E-state index contributed by atoms with van der Waals surface area (Å²) in [6.07, 6.45) is 2.67. The maximum Gasteiger partial charge on any atom is 0.326 e. The summed E-state index contributed by atoms with van der Waals surface area (Å²) in [7, 11) is 0. The second-order valence-corrected chi connectivity index (χ2v) is 3.84. The number of carboxylic acid groups (broad SMARTS) is 1. The van der Waals surface area contributed by atoms with Gasteiger partial charge in [-0.1, -0.05) is 0 Å². The first kappa shape index (κ1) is 14.9. The number of rotatable bonds is 8. The summed E-state index contributed by atoms with van der Waals surface area (Å²) >= 11 is 0. The number of carbonyl (C=O) groups is 2. The number of carboxylic acids is 1. The molecule has 1 rings (SSSR count). The number of nitrogens with one attached hydrogen (secondary N) is 3. The molecule has 0 fully saturated rings. The predicted molar refractivity (Wildman–Crippen MR) is 64.4 cm³/mol. The molecule has 0 radical (unpaired) electrons. The number of aliphatic carboxylic acids is 1. The molecule has 0 aliphatic heterocycles. The third-order valence-electron chi connectivity index (χ3n) is 2.36. The molecule has 106 valence electrons. The first-order chi connectivity index (χ1) is 9.13. The molecule has 9 nitrogen and oxygen atoms in total. The van der Waals surface area contributed by atoms with E-state index in [1.54, 1.807) is 0 Å². The molecule has 0 saturated carbocycles. The maximum atomic E-state index is 11.4. The lowest BCUT2D eigenvalue weighted by Gasteiger charge is -2.13. The summed E-state index contributed by atoms with van der Waals surface area (Å²) in [4.78, 5) is 26.1. The Labute approximate surface area is 109 Å². The van der Waals surface area contributed by atoms with Crippen LogP contribution in [0, 0.1) is 0 Å². The zero-order chi connectivity index (χ0) is 14.1. The van der Waals surface area contributed by atoms with Crippen LogP contribution in [0.5, 0.6) is 0 Å². The first-order valence-electron chi connectivity index (χ1n) is 5.85. The Hall–Kier alpha value is -2.16. The fourth-order valence-electron chi connectivity index (χ4n) is 1.40. The summed E-state index contributed by atoms with van der Waals surface area (Å²) in [6.45, 7) is 0.0841. The van der Waals surface area contributed by atoms with Crippen LogP contribution in [0.2, 0.25) is 0 Å². The number of aliphatic hydroxyl groups excluding tert-OH is 1. The topological polar surface area (TPSA) is 140 Å². The van der Waals surface area contributed by atoms with E-state index in [2.05, 4.69) is 25.8 Å². The molecule has 0 aliphatic rings. The van der Waals surface area contributed by atoms with Crippen LogP contribution in [-0.2, 0) is 11.2 Å². The number of nitrogens with zero attached hydrogens (tertiary/aromatic N) is 2. The molecule has 1 heterocycles. The molecular formula is C10H17N5O4. The van der Waals surface area contributed by atoms with Gasteiger partial charge in [0.25, 0.3) is 0 Å². The van der Waals surface area contributed by atoms with Crippen molar-refractivity contribution in [1.82, 2.24) is 25.8 Å². The molecule has 1 atom stereocenters. The fourth-order valence-corrected chi connectivity index (χ4v) is 1.40. The van der Waals surface area contributed by atoms with Crippen LogP contribution in [0.25, 0.3) is 0 Å². The molecule has 0 saturated heterocycles. The molecule has 0 spiro atoms. The van der Waals surface area contributed by atoms with Crippen LogP contribution in [0.1, 0.15) is 18.7 Å². The average molecular weight is 271 g/mol. The van der Waals surface area contributed by atoms with Crippen LogP contribution < -0.4 is 10.6 Å². The molecule has 9 heteroatoms. The van der Waals surface area contributed by atoms with Crippen LogP contribution in [0.4, 0.5) is 4.79 Å². The zero-order valence-electron chi connectivity index (χ0n) is 10.3. The summed E-state index contributed by atoms with van der Waals surface area (Å²) in [5, 5.41) is 28.6. The van der Waals surface area contributed by atoms with Gasteiger partial charge in [-0.25, -0.2) is 14.6 Å². The van der Waals surface area contributed by atoms with Crippen LogP contribution in [0.15, 0.2) is 6.33 Å². The molecule has 2 amide bonds. The number of aromatic amines is 1. The van der Waals surface area contributed by atoms with Crippen molar-refractivity contribution in [3.05, 3.63) is 12.2 Å². The zero-order valence-corrected chi connectivity index (χ0v) is 10.3. The number of hydrogen-bond acceptors (Lipinski definition) is 5. The van der Waals surface area contributed by atoms with Crippen molar-refractivity contribution in [2.24, 2.45) is 0 Å². The Kier molecular flexibility index (Phi) is 6.30. The number of amides is 2. The minimum atomic E-state index is -1.18. The van der Waals surface area contributed by atoms with Crippen molar-refractivity contribution >= 4 is 12.0 Å². The van der Waals surface area contributed by atoms with Gasteiger partial charge in [-0.05, 0) is 6.42 Å². The van der Waals surface area contributed by atoms with Gasteiger partial charge in [0, 0.05) is 26.0 Å². The van der Waals surface area contributed by atoms with E-state index in [0.29, 0.717) is 19.4 Å². The largest absolute Gasteiger partial charge is 0.480 e. The normalized spacial score (nSPS) is 11.8. The van der Waals surface area contributed by atoms with E-state index in [9.17, 15) is 9.59 Å². The van der Waals surface area contributed by atoms with Gasteiger partial charge in [0.05, 0.1) is 0 Å². The molecule has 0 unspecified atom stereocenters. The van der Waals surface area contributed by atoms with E-state index >= 15 is 0 Å². The lowest BCUT2D eigenvalue weighted by atomic mass is 10.2. The van der Waals surface area contributed by atoms with Gasteiger partial charge in [-0.2, -0.15) is 5.10 Å². The van der Waals surface area contributed by atoms with E-state index in [4.69, 9.17) is 10.2 Å². The van der Waals surface area contributed by atoms with Gasteiger partial charge in [0.15, 0.2) is 0 Å². The number of aromatic nitrogens is 3. The molecular weight excluding hydrogens is 254 g/mol. The van der Waals surface area contributed by atoms with Gasteiger partial charge in [0.1, 0.15) is 18.2 Å². The number of H-pyrrole nitrogens is 1. The monoisotopic (exact) mass is 271 g/mol. The molecule has 1 aromatic rings. The lowest BCUT2D eigenvalue weighted by molar-refractivity contribution is -0.139. The Bertz CT molecular complexity index is 395. The van der Waals surface area contributed by atoms with E-state index in [0.717, 1.165) is 5.82 Å². The van der Waals surface area contributed by atoms with Gasteiger partial charge < -0.3 is 20.8 Å². The molecule has 0 aromatic carbocycles. The second kappa shape index (κ2) is 8.03. The van der Waals surface area contributed by atoms with Crippen molar-refractivity contribution in [3.8, 4) is 0 Å².